The molecule has 400 valence electrons. The number of phenolic OH excluding ortho intramolecular Hbond substituents is 1. The number of fused-ring (bicyclic) bond motifs is 3. The van der Waals surface area contributed by atoms with Crippen LogP contribution in [0.2, 0.25) is 0 Å². The van der Waals surface area contributed by atoms with Gasteiger partial charge in [-0.05, 0) is 97.2 Å². The molecule has 0 saturated carbocycles. The molecule has 4 aromatic carbocycles. The predicted molar refractivity (Wildman–Crippen MR) is 288 cm³/mol. The van der Waals surface area contributed by atoms with Crippen LogP contribution in [0, 0.1) is 5.92 Å². The monoisotopic (exact) mass is 1040 g/mol. The molecule has 0 aliphatic carbocycles. The van der Waals surface area contributed by atoms with Gasteiger partial charge in [-0.15, -0.1) is 0 Å². The van der Waals surface area contributed by atoms with Crippen LogP contribution in [0.15, 0.2) is 116 Å². The van der Waals surface area contributed by atoms with E-state index in [9.17, 15) is 43.8 Å². The number of carboxylic acids is 1. The van der Waals surface area contributed by atoms with Crippen molar-refractivity contribution in [3.8, 4) is 5.75 Å². The summed E-state index contributed by atoms with van der Waals surface area (Å²) in [6.45, 7) is 3.33. The molecule has 0 radical (unpaired) electrons. The molecule has 7 rings (SSSR count). The molecule has 3 heterocycles. The van der Waals surface area contributed by atoms with Gasteiger partial charge in [0, 0.05) is 70.6 Å². The minimum absolute atomic E-state index is 0.0258. The second-order valence-electron chi connectivity index (χ2n) is 19.5. The third-order valence-electron chi connectivity index (χ3n) is 13.3. The maximum Gasteiger partial charge on any atom is 0.326 e. The lowest BCUT2D eigenvalue weighted by Crippen LogP contribution is -2.59. The number of carbonyl (C=O) groups is 7. The average molecular weight is 1040 g/mol. The number of unbranched alkanes of at least 4 members (excludes halogenated alkanes) is 1. The van der Waals surface area contributed by atoms with Gasteiger partial charge in [0.1, 0.15) is 36.0 Å². The van der Waals surface area contributed by atoms with Crippen LogP contribution in [0.3, 0.4) is 0 Å². The summed E-state index contributed by atoms with van der Waals surface area (Å²) in [5.41, 5.74) is 17.4. The molecule has 0 aliphatic heterocycles. The predicted octanol–water partition coefficient (Wildman–Crippen LogP) is 3.23. The lowest BCUT2D eigenvalue weighted by Gasteiger charge is -2.26. The number of hydrogen-bond donors (Lipinski definition) is 13. The van der Waals surface area contributed by atoms with E-state index in [4.69, 9.17) is 11.5 Å². The maximum absolute atomic E-state index is 14.8. The summed E-state index contributed by atoms with van der Waals surface area (Å²) >= 11 is 0. The largest absolute Gasteiger partial charge is 0.508 e. The number of aromatic nitrogens is 3. The van der Waals surface area contributed by atoms with Gasteiger partial charge in [0.2, 0.25) is 35.4 Å². The van der Waals surface area contributed by atoms with Gasteiger partial charge in [-0.3, -0.25) is 28.8 Å². The van der Waals surface area contributed by atoms with Gasteiger partial charge in [0.15, 0.2) is 0 Å². The number of para-hydroxylation sites is 3. The SMILES string of the molecule is CC(C)C[C@H](NC(=O)[C@H](Cc1c[nH]c2ccccc12)NC(=O)CNC(=O)[C@H](Cc1ccc(O)cc1)NC(=O)[C@H](Cc1c[nH]c2ccccc12)NC(=O)[C@H](CCCCN)NC(=O)[C@@H](N)Cc1c[nH]c2ccccc12)C(=O)O. The fraction of sp³-hybridized carbons (Fsp3) is 0.339. The van der Waals surface area contributed by atoms with Gasteiger partial charge in [0.05, 0.1) is 12.6 Å². The van der Waals surface area contributed by atoms with Crippen LogP contribution >= 0.6 is 0 Å². The van der Waals surface area contributed by atoms with Crippen LogP contribution in [-0.2, 0) is 59.2 Å². The zero-order chi connectivity index (χ0) is 54.3. The molecule has 20 nitrogen and oxygen atoms in total. The average Bonchev–Trinajstić information content (AvgIpc) is 4.14. The normalized spacial score (nSPS) is 13.8. The highest BCUT2D eigenvalue weighted by atomic mass is 16.4. The molecular weight excluding hydrogens is 971 g/mol. The molecule has 0 spiro atoms. The number of rotatable bonds is 27. The zero-order valence-corrected chi connectivity index (χ0v) is 42.5. The van der Waals surface area contributed by atoms with Crippen molar-refractivity contribution in [3.05, 3.63) is 138 Å². The van der Waals surface area contributed by atoms with E-state index in [2.05, 4.69) is 46.9 Å². The second kappa shape index (κ2) is 26.1. The standard InChI is InChI=1S/C56H67N11O9/c1-32(2)23-49(56(75)76)67-54(73)47(26-35-29-60-43-15-7-4-12-39(35)43)63-50(69)31-62-52(71)46(24-33-18-20-37(68)21-19-33)65-55(74)48(27-36-30-61-44-16-8-5-13-40(36)44)66-53(72)45(17-9-10-22-57)64-51(70)41(58)25-34-28-59-42-14-6-3-11-38(34)42/h3-8,11-16,18-21,28-30,32,41,45-49,59-61,68H,9-10,17,22-27,31,57-58H2,1-2H3,(H,62,71)(H,63,69)(H,64,70)(H,65,74)(H,66,72)(H,67,73)(H,75,76)/t41-,45-,46-,47-,48-,49-/m0/s1. The van der Waals surface area contributed by atoms with Gasteiger partial charge >= 0.3 is 5.97 Å². The van der Waals surface area contributed by atoms with Crippen LogP contribution < -0.4 is 43.4 Å². The molecule has 6 atom stereocenters. The van der Waals surface area contributed by atoms with Crippen LogP contribution in [0.1, 0.15) is 61.8 Å². The third kappa shape index (κ3) is 14.8. The van der Waals surface area contributed by atoms with E-state index in [0.717, 1.165) is 38.3 Å². The first-order valence-electron chi connectivity index (χ1n) is 25.5. The number of benzene rings is 4. The molecular formula is C56H67N11O9. The fourth-order valence-corrected chi connectivity index (χ4v) is 9.25. The molecule has 15 N–H and O–H groups in total. The van der Waals surface area contributed by atoms with Crippen LogP contribution in [0.25, 0.3) is 32.7 Å². The zero-order valence-electron chi connectivity index (χ0n) is 42.5. The van der Waals surface area contributed by atoms with Crippen LogP contribution in [0.5, 0.6) is 5.75 Å². The molecule has 0 unspecified atom stereocenters. The van der Waals surface area contributed by atoms with Gasteiger partial charge in [-0.1, -0.05) is 80.6 Å². The van der Waals surface area contributed by atoms with E-state index in [1.165, 1.54) is 12.1 Å². The molecule has 0 fully saturated rings. The number of carboxylic acid groups (broad SMARTS) is 1. The Balaban J connectivity index is 1.10. The molecule has 20 heteroatoms. The first kappa shape index (κ1) is 55.3. The van der Waals surface area contributed by atoms with E-state index in [1.807, 2.05) is 86.6 Å². The van der Waals surface area contributed by atoms with Gasteiger partial charge in [0.25, 0.3) is 0 Å². The quantitative estimate of drug-likeness (QED) is 0.0332. The second-order valence-corrected chi connectivity index (χ2v) is 19.5. The van der Waals surface area contributed by atoms with Crippen molar-refractivity contribution >= 4 is 74.1 Å². The molecule has 0 saturated heterocycles. The number of phenols is 1. The Morgan fingerprint density at radius 3 is 1.47 bits per heavy atom. The number of aliphatic carboxylic acids is 1. The van der Waals surface area contributed by atoms with E-state index < -0.39 is 84.2 Å². The first-order chi connectivity index (χ1) is 36.6. The summed E-state index contributed by atoms with van der Waals surface area (Å²) in [6, 6.07) is 21.0. The Morgan fingerprint density at radius 1 is 0.526 bits per heavy atom. The molecule has 76 heavy (non-hydrogen) atoms. The fourth-order valence-electron chi connectivity index (χ4n) is 9.25. The first-order valence-corrected chi connectivity index (χ1v) is 25.5. The summed E-state index contributed by atoms with van der Waals surface area (Å²) in [5.74, 6) is -5.69. The van der Waals surface area contributed by atoms with Crippen LogP contribution in [0.4, 0.5) is 0 Å². The summed E-state index contributed by atoms with van der Waals surface area (Å²) in [5, 5.41) is 38.7. The molecule has 3 aromatic heterocycles. The Hall–Kier alpha value is -8.49. The Labute approximate surface area is 438 Å². The number of amides is 6. The highest BCUT2D eigenvalue weighted by Crippen LogP contribution is 2.23. The number of carbonyl (C=O) groups excluding carboxylic acids is 6. The third-order valence-corrected chi connectivity index (χ3v) is 13.3. The lowest BCUT2D eigenvalue weighted by atomic mass is 10.0. The number of aromatic amines is 3. The minimum Gasteiger partial charge on any atom is -0.508 e. The van der Waals surface area contributed by atoms with Crippen molar-refractivity contribution in [2.75, 3.05) is 13.1 Å². The maximum atomic E-state index is 14.8. The Kier molecular flexibility index (Phi) is 19.0. The van der Waals surface area contributed by atoms with Crippen molar-refractivity contribution in [2.45, 2.75) is 101 Å². The topological polar surface area (TPSA) is 332 Å². The molecule has 0 bridgehead atoms. The van der Waals surface area contributed by atoms with E-state index >= 15 is 0 Å². The highest BCUT2D eigenvalue weighted by Gasteiger charge is 2.33. The van der Waals surface area contributed by atoms with Crippen molar-refractivity contribution in [1.82, 2.24) is 46.9 Å². The van der Waals surface area contributed by atoms with Gasteiger partial charge in [-0.25, -0.2) is 4.79 Å². The Morgan fingerprint density at radius 2 is 0.974 bits per heavy atom. The number of aromatic hydroxyl groups is 1. The number of H-pyrrole nitrogens is 3. The van der Waals surface area contributed by atoms with E-state index in [1.54, 1.807) is 30.7 Å². The summed E-state index contributed by atoms with van der Waals surface area (Å²) < 4.78 is 0. The van der Waals surface area contributed by atoms with E-state index in [-0.39, 0.29) is 50.2 Å². The number of hydrogen-bond acceptors (Lipinski definition) is 10. The lowest BCUT2D eigenvalue weighted by molar-refractivity contribution is -0.142. The number of nitrogens with two attached hydrogens (primary N) is 2. The highest BCUT2D eigenvalue weighted by molar-refractivity contribution is 5.97. The summed E-state index contributed by atoms with van der Waals surface area (Å²) in [6.07, 6.45) is 6.51. The van der Waals surface area contributed by atoms with Crippen LogP contribution in [-0.4, -0.2) is 116 Å². The van der Waals surface area contributed by atoms with Crippen molar-refractivity contribution in [1.29, 1.82) is 0 Å². The van der Waals surface area contributed by atoms with Crippen molar-refractivity contribution in [3.63, 3.8) is 0 Å². The smallest absolute Gasteiger partial charge is 0.326 e. The summed E-state index contributed by atoms with van der Waals surface area (Å²) in [7, 11) is 0. The van der Waals surface area contributed by atoms with E-state index in [0.29, 0.717) is 36.1 Å². The molecule has 6 amide bonds. The molecule has 0 aliphatic rings. The van der Waals surface area contributed by atoms with Gasteiger partial charge in [-0.2, -0.15) is 0 Å². The van der Waals surface area contributed by atoms with Crippen molar-refractivity contribution < 1.29 is 43.8 Å². The van der Waals surface area contributed by atoms with Crippen molar-refractivity contribution in [2.24, 2.45) is 17.4 Å². The molecule has 7 aromatic rings. The minimum atomic E-state index is -1.37. The number of nitrogens with one attached hydrogen (secondary N) is 9. The Bertz CT molecular complexity index is 3140. The van der Waals surface area contributed by atoms with Gasteiger partial charge < -0.3 is 68.5 Å². The summed E-state index contributed by atoms with van der Waals surface area (Å²) in [4.78, 5) is 107.